The predicted octanol–water partition coefficient (Wildman–Crippen LogP) is 2.10. The Labute approximate surface area is 124 Å². The molecule has 0 atom stereocenters. The van der Waals surface area contributed by atoms with Gasteiger partial charge in [-0.25, -0.2) is 4.68 Å². The molecule has 21 heavy (non-hydrogen) atoms. The SMILES string of the molecule is CCCCn1nnnc1NCc1ccc(OC)cc1OC. The van der Waals surface area contributed by atoms with Crippen LogP contribution in [0.1, 0.15) is 25.3 Å². The lowest BCUT2D eigenvalue weighted by Crippen LogP contribution is -2.09. The third-order valence-corrected chi connectivity index (χ3v) is 3.19. The molecule has 0 aliphatic carbocycles. The standard InChI is InChI=1S/C14H21N5O2/c1-4-5-8-19-14(16-17-18-19)15-10-11-6-7-12(20-2)9-13(11)21-3/h6-7,9H,4-5,8,10H2,1-3H3,(H,15,16,18). The van der Waals surface area contributed by atoms with Crippen LogP contribution in [0, 0.1) is 0 Å². The number of unbranched alkanes of at least 4 members (excludes halogenated alkanes) is 1. The lowest BCUT2D eigenvalue weighted by Gasteiger charge is -2.11. The van der Waals surface area contributed by atoms with Gasteiger partial charge in [0.2, 0.25) is 5.95 Å². The highest BCUT2D eigenvalue weighted by molar-refractivity contribution is 5.42. The first kappa shape index (κ1) is 15.1. The first-order valence-electron chi connectivity index (χ1n) is 6.99. The maximum absolute atomic E-state index is 5.37. The van der Waals surface area contributed by atoms with Crippen molar-refractivity contribution >= 4 is 5.95 Å². The summed E-state index contributed by atoms with van der Waals surface area (Å²) in [7, 11) is 3.28. The smallest absolute Gasteiger partial charge is 0.243 e. The van der Waals surface area contributed by atoms with Crippen LogP contribution in [0.2, 0.25) is 0 Å². The third kappa shape index (κ3) is 3.84. The molecule has 0 unspecified atom stereocenters. The molecule has 1 aromatic carbocycles. The van der Waals surface area contributed by atoms with E-state index in [0.717, 1.165) is 36.4 Å². The van der Waals surface area contributed by atoms with Gasteiger partial charge < -0.3 is 14.8 Å². The van der Waals surface area contributed by atoms with Gasteiger partial charge in [0.15, 0.2) is 0 Å². The molecule has 1 N–H and O–H groups in total. The Hall–Kier alpha value is -2.31. The summed E-state index contributed by atoms with van der Waals surface area (Å²) in [5, 5.41) is 14.9. The van der Waals surface area contributed by atoms with E-state index in [4.69, 9.17) is 9.47 Å². The van der Waals surface area contributed by atoms with Gasteiger partial charge >= 0.3 is 0 Å². The van der Waals surface area contributed by atoms with Gasteiger partial charge in [0.25, 0.3) is 0 Å². The summed E-state index contributed by atoms with van der Waals surface area (Å²) in [4.78, 5) is 0. The lowest BCUT2D eigenvalue weighted by atomic mass is 10.2. The van der Waals surface area contributed by atoms with Gasteiger partial charge in [0.1, 0.15) is 11.5 Å². The minimum atomic E-state index is 0.583. The fourth-order valence-corrected chi connectivity index (χ4v) is 1.96. The number of benzene rings is 1. The Bertz CT molecular complexity index is 570. The average molecular weight is 291 g/mol. The zero-order valence-electron chi connectivity index (χ0n) is 12.7. The lowest BCUT2D eigenvalue weighted by molar-refractivity contribution is 0.391. The summed E-state index contributed by atoms with van der Waals surface area (Å²) < 4.78 is 12.3. The Kier molecular flexibility index (Phi) is 5.36. The van der Waals surface area contributed by atoms with Crippen molar-refractivity contribution in [1.82, 2.24) is 20.2 Å². The van der Waals surface area contributed by atoms with Crippen molar-refractivity contribution in [3.05, 3.63) is 23.8 Å². The highest BCUT2D eigenvalue weighted by atomic mass is 16.5. The van der Waals surface area contributed by atoms with Gasteiger partial charge in [-0.15, -0.1) is 0 Å². The first-order valence-corrected chi connectivity index (χ1v) is 6.99. The molecule has 0 amide bonds. The number of anilines is 1. The Morgan fingerprint density at radius 3 is 2.81 bits per heavy atom. The Morgan fingerprint density at radius 2 is 2.10 bits per heavy atom. The van der Waals surface area contributed by atoms with Crippen molar-refractivity contribution in [1.29, 1.82) is 0 Å². The van der Waals surface area contributed by atoms with Crippen LogP contribution >= 0.6 is 0 Å². The molecule has 0 bridgehead atoms. The van der Waals surface area contributed by atoms with E-state index in [-0.39, 0.29) is 0 Å². The molecule has 0 radical (unpaired) electrons. The second kappa shape index (κ2) is 7.47. The van der Waals surface area contributed by atoms with Gasteiger partial charge in [0.05, 0.1) is 14.2 Å². The van der Waals surface area contributed by atoms with Gasteiger partial charge in [0, 0.05) is 24.7 Å². The maximum Gasteiger partial charge on any atom is 0.243 e. The van der Waals surface area contributed by atoms with Crippen molar-refractivity contribution in [2.24, 2.45) is 0 Å². The molecule has 0 aliphatic heterocycles. The summed E-state index contributed by atoms with van der Waals surface area (Å²) in [5.74, 6) is 2.21. The van der Waals surface area contributed by atoms with Crippen LogP contribution in [0.25, 0.3) is 0 Å². The molecule has 0 saturated carbocycles. The summed E-state index contributed by atoms with van der Waals surface area (Å²) in [6.07, 6.45) is 2.15. The normalized spacial score (nSPS) is 10.4. The number of nitrogens with zero attached hydrogens (tertiary/aromatic N) is 4. The molecule has 7 nitrogen and oxygen atoms in total. The van der Waals surface area contributed by atoms with Gasteiger partial charge in [-0.1, -0.05) is 18.4 Å². The van der Waals surface area contributed by atoms with E-state index < -0.39 is 0 Å². The number of hydrogen-bond donors (Lipinski definition) is 1. The van der Waals surface area contributed by atoms with E-state index in [1.807, 2.05) is 18.2 Å². The van der Waals surface area contributed by atoms with Crippen molar-refractivity contribution in [2.45, 2.75) is 32.9 Å². The molecule has 0 aliphatic rings. The molecule has 1 heterocycles. The number of rotatable bonds is 8. The molecule has 7 heteroatoms. The van der Waals surface area contributed by atoms with Crippen molar-refractivity contribution in [3.8, 4) is 11.5 Å². The zero-order valence-corrected chi connectivity index (χ0v) is 12.7. The minimum Gasteiger partial charge on any atom is -0.497 e. The summed E-state index contributed by atoms with van der Waals surface area (Å²) in [6, 6.07) is 5.72. The van der Waals surface area contributed by atoms with E-state index >= 15 is 0 Å². The number of hydrogen-bond acceptors (Lipinski definition) is 6. The van der Waals surface area contributed by atoms with Crippen LogP contribution in [0.4, 0.5) is 5.95 Å². The largest absolute Gasteiger partial charge is 0.497 e. The van der Waals surface area contributed by atoms with E-state index in [1.54, 1.807) is 18.9 Å². The number of tetrazole rings is 1. The number of ether oxygens (including phenoxy) is 2. The van der Waals surface area contributed by atoms with E-state index in [2.05, 4.69) is 27.8 Å². The second-order valence-electron chi connectivity index (χ2n) is 4.61. The third-order valence-electron chi connectivity index (χ3n) is 3.19. The molecule has 0 fully saturated rings. The van der Waals surface area contributed by atoms with Crippen LogP contribution in [0.5, 0.6) is 11.5 Å². The molecule has 1 aromatic heterocycles. The minimum absolute atomic E-state index is 0.583. The van der Waals surface area contributed by atoms with E-state index in [1.165, 1.54) is 0 Å². The van der Waals surface area contributed by atoms with Crippen molar-refractivity contribution in [3.63, 3.8) is 0 Å². The summed E-state index contributed by atoms with van der Waals surface area (Å²) >= 11 is 0. The van der Waals surface area contributed by atoms with Crippen LogP contribution < -0.4 is 14.8 Å². The Morgan fingerprint density at radius 1 is 1.24 bits per heavy atom. The van der Waals surface area contributed by atoms with Crippen LogP contribution in [0.3, 0.4) is 0 Å². The monoisotopic (exact) mass is 291 g/mol. The van der Waals surface area contributed by atoms with Gasteiger partial charge in [-0.05, 0) is 29.0 Å². The summed E-state index contributed by atoms with van der Waals surface area (Å²) in [5.41, 5.74) is 1.02. The maximum atomic E-state index is 5.37. The Balaban J connectivity index is 2.04. The van der Waals surface area contributed by atoms with E-state index in [9.17, 15) is 0 Å². The fraction of sp³-hybridized carbons (Fsp3) is 0.500. The molecule has 0 saturated heterocycles. The predicted molar refractivity (Wildman–Crippen MR) is 79.6 cm³/mol. The highest BCUT2D eigenvalue weighted by Crippen LogP contribution is 2.25. The average Bonchev–Trinajstić information content (AvgIpc) is 2.98. The van der Waals surface area contributed by atoms with Crippen molar-refractivity contribution < 1.29 is 9.47 Å². The number of aromatic nitrogens is 4. The summed E-state index contributed by atoms with van der Waals surface area (Å²) in [6.45, 7) is 3.53. The molecular weight excluding hydrogens is 270 g/mol. The first-order chi connectivity index (χ1) is 10.3. The van der Waals surface area contributed by atoms with Crippen LogP contribution in [0.15, 0.2) is 18.2 Å². The van der Waals surface area contributed by atoms with Gasteiger partial charge in [-0.3, -0.25) is 0 Å². The van der Waals surface area contributed by atoms with E-state index in [0.29, 0.717) is 12.5 Å². The molecular formula is C14H21N5O2. The van der Waals surface area contributed by atoms with Crippen molar-refractivity contribution in [2.75, 3.05) is 19.5 Å². The molecule has 0 spiro atoms. The molecule has 114 valence electrons. The fourth-order valence-electron chi connectivity index (χ4n) is 1.96. The zero-order chi connectivity index (χ0) is 15.1. The number of nitrogens with one attached hydrogen (secondary N) is 1. The van der Waals surface area contributed by atoms with Crippen LogP contribution in [-0.4, -0.2) is 34.4 Å². The topological polar surface area (TPSA) is 74.1 Å². The molecule has 2 aromatic rings. The van der Waals surface area contributed by atoms with Gasteiger partial charge in [-0.2, -0.15) is 0 Å². The van der Waals surface area contributed by atoms with Crippen LogP contribution in [-0.2, 0) is 13.1 Å². The highest BCUT2D eigenvalue weighted by Gasteiger charge is 2.08. The quantitative estimate of drug-likeness (QED) is 0.803. The number of aryl methyl sites for hydroxylation is 1. The molecule has 2 rings (SSSR count). The number of methoxy groups -OCH3 is 2. The second-order valence-corrected chi connectivity index (χ2v) is 4.61.